The molecule has 3 amide bonds. The van der Waals surface area contributed by atoms with E-state index in [1.54, 1.807) is 4.72 Å². The summed E-state index contributed by atoms with van der Waals surface area (Å²) in [6, 6.07) is 1.25. The van der Waals surface area contributed by atoms with Gasteiger partial charge in [-0.2, -0.15) is 8.42 Å². The molecule has 0 spiro atoms. The topological polar surface area (TPSA) is 148 Å². The zero-order valence-corrected chi connectivity index (χ0v) is 14.8. The summed E-state index contributed by atoms with van der Waals surface area (Å²) in [5.41, 5.74) is -1.20. The minimum atomic E-state index is -4.28. The van der Waals surface area contributed by atoms with E-state index < -0.39 is 45.9 Å². The first-order valence-electron chi connectivity index (χ1n) is 8.13. The molecule has 0 radical (unpaired) electrons. The predicted octanol–water partition coefficient (Wildman–Crippen LogP) is -0.251. The van der Waals surface area contributed by atoms with Crippen LogP contribution in [0, 0.1) is 11.2 Å². The van der Waals surface area contributed by atoms with Crippen molar-refractivity contribution in [3.63, 3.8) is 0 Å². The quantitative estimate of drug-likeness (QED) is 0.471. The van der Waals surface area contributed by atoms with Crippen molar-refractivity contribution in [2.45, 2.75) is 24.8 Å². The Labute approximate surface area is 153 Å². The van der Waals surface area contributed by atoms with E-state index in [9.17, 15) is 32.6 Å². The van der Waals surface area contributed by atoms with Crippen LogP contribution < -0.4 is 19.7 Å². The summed E-state index contributed by atoms with van der Waals surface area (Å²) < 4.78 is 40.1. The van der Waals surface area contributed by atoms with Crippen molar-refractivity contribution < 1.29 is 32.6 Å². The number of hydrogen-bond acceptors (Lipinski definition) is 6. The number of nitrogens with zero attached hydrogens (tertiary/aromatic N) is 1. The van der Waals surface area contributed by atoms with Gasteiger partial charge in [0.25, 0.3) is 5.91 Å². The monoisotopic (exact) mass is 400 g/mol. The fourth-order valence-corrected chi connectivity index (χ4v) is 5.42. The molecule has 4 aliphatic rings. The second-order valence-corrected chi connectivity index (χ2v) is 9.01. The minimum Gasteiger partial charge on any atom is -0.506 e. The van der Waals surface area contributed by atoms with Gasteiger partial charge >= 0.3 is 16.2 Å². The molecule has 3 aliphatic carbocycles. The Balaban J connectivity index is 1.48. The third kappa shape index (κ3) is 2.75. The Morgan fingerprint density at radius 3 is 2.52 bits per heavy atom. The van der Waals surface area contributed by atoms with Crippen LogP contribution in [-0.4, -0.2) is 49.3 Å². The van der Waals surface area contributed by atoms with Crippen molar-refractivity contribution >= 4 is 33.5 Å². The van der Waals surface area contributed by atoms with E-state index >= 15 is 0 Å². The summed E-state index contributed by atoms with van der Waals surface area (Å²) in [6.45, 7) is -0.579. The summed E-state index contributed by atoms with van der Waals surface area (Å²) in [6.07, 6.45) is 2.03. The Kier molecular flexibility index (Phi) is 3.59. The minimum absolute atomic E-state index is 0.0781. The molecule has 1 heterocycles. The summed E-state index contributed by atoms with van der Waals surface area (Å²) in [5, 5.41) is 24.4. The maximum absolute atomic E-state index is 14.4. The number of urea groups is 1. The van der Waals surface area contributed by atoms with Gasteiger partial charge in [-0.1, -0.05) is 0 Å². The number of halogens is 1. The lowest BCUT2D eigenvalue weighted by molar-refractivity contribution is -0.171. The van der Waals surface area contributed by atoms with Crippen LogP contribution in [0.25, 0.3) is 0 Å². The average Bonchev–Trinajstić information content (AvgIpc) is 2.73. The van der Waals surface area contributed by atoms with Gasteiger partial charge in [-0.15, -0.1) is 0 Å². The number of amides is 3. The molecule has 10 nitrogen and oxygen atoms in total. The molecule has 146 valence electrons. The SMILES string of the molecule is O=C1CN(c2c(O)cc(NC(=O)NC34CC(CO)(C3)C4)cc2F)S(=O)(=O)N1. The van der Waals surface area contributed by atoms with E-state index in [-0.39, 0.29) is 23.2 Å². The van der Waals surface area contributed by atoms with Crippen molar-refractivity contribution in [2.24, 2.45) is 5.41 Å². The van der Waals surface area contributed by atoms with Gasteiger partial charge in [-0.25, -0.2) is 18.2 Å². The Bertz CT molecular complexity index is 922. The molecule has 4 fully saturated rings. The van der Waals surface area contributed by atoms with Crippen LogP contribution in [0.15, 0.2) is 12.1 Å². The number of nitrogens with one attached hydrogen (secondary N) is 3. The molecule has 0 aromatic heterocycles. The summed E-state index contributed by atoms with van der Waals surface area (Å²) >= 11 is 0. The third-order valence-electron chi connectivity index (χ3n) is 5.22. The highest BCUT2D eigenvalue weighted by Crippen LogP contribution is 2.66. The Morgan fingerprint density at radius 2 is 2.00 bits per heavy atom. The Morgan fingerprint density at radius 1 is 1.33 bits per heavy atom. The van der Waals surface area contributed by atoms with E-state index in [1.165, 1.54) is 0 Å². The number of aliphatic hydroxyl groups excluding tert-OH is 1. The maximum Gasteiger partial charge on any atom is 0.326 e. The number of aromatic hydroxyl groups is 1. The largest absolute Gasteiger partial charge is 0.506 e. The Hall–Kier alpha value is -2.60. The van der Waals surface area contributed by atoms with Crippen molar-refractivity contribution in [2.75, 3.05) is 22.8 Å². The number of phenols is 1. The smallest absolute Gasteiger partial charge is 0.326 e. The third-order valence-corrected chi connectivity index (χ3v) is 6.60. The van der Waals surface area contributed by atoms with Gasteiger partial charge in [0, 0.05) is 29.3 Å². The van der Waals surface area contributed by atoms with E-state index in [1.807, 2.05) is 0 Å². The number of aliphatic hydroxyl groups is 1. The number of benzene rings is 1. The predicted molar refractivity (Wildman–Crippen MR) is 90.7 cm³/mol. The lowest BCUT2D eigenvalue weighted by atomic mass is 9.40. The number of rotatable bonds is 4. The standard InChI is InChI=1S/C15H17FN4O6S/c16-9-1-8(17-13(24)18-15-4-14(5-15,6-15)7-21)2-10(22)12(9)20-3-11(23)19-27(20,25)26/h1-2,21-22H,3-7H2,(H,19,23)(H2,17,18,24). The molecule has 3 saturated carbocycles. The van der Waals surface area contributed by atoms with Crippen molar-refractivity contribution in [3.05, 3.63) is 17.9 Å². The highest BCUT2D eigenvalue weighted by molar-refractivity contribution is 7.92. The molecule has 1 aromatic carbocycles. The summed E-state index contributed by atoms with van der Waals surface area (Å²) in [4.78, 5) is 23.4. The molecule has 1 aliphatic heterocycles. The van der Waals surface area contributed by atoms with Crippen LogP contribution in [0.1, 0.15) is 19.3 Å². The number of anilines is 2. The molecule has 27 heavy (non-hydrogen) atoms. The van der Waals surface area contributed by atoms with Gasteiger partial charge in [0.1, 0.15) is 18.0 Å². The van der Waals surface area contributed by atoms with Gasteiger partial charge < -0.3 is 20.8 Å². The lowest BCUT2D eigenvalue weighted by Gasteiger charge is -2.69. The van der Waals surface area contributed by atoms with Crippen LogP contribution in [-0.2, 0) is 15.0 Å². The molecule has 1 aromatic rings. The molecular formula is C15H17FN4O6S. The number of phenolic OH excluding ortho intramolecular Hbond substituents is 1. The van der Waals surface area contributed by atoms with Crippen LogP contribution in [0.4, 0.5) is 20.6 Å². The second-order valence-electron chi connectivity index (χ2n) is 7.41. The molecule has 0 unspecified atom stereocenters. The molecule has 12 heteroatoms. The number of hydrogen-bond donors (Lipinski definition) is 5. The first-order chi connectivity index (χ1) is 12.6. The summed E-state index contributed by atoms with van der Waals surface area (Å²) in [7, 11) is -4.28. The normalized spacial score (nSPS) is 30.1. The van der Waals surface area contributed by atoms with E-state index in [2.05, 4.69) is 10.6 Å². The highest BCUT2D eigenvalue weighted by Gasteiger charge is 2.68. The van der Waals surface area contributed by atoms with Crippen molar-refractivity contribution in [3.8, 4) is 5.75 Å². The van der Waals surface area contributed by atoms with Crippen LogP contribution in [0.2, 0.25) is 0 Å². The van der Waals surface area contributed by atoms with Crippen LogP contribution >= 0.6 is 0 Å². The second kappa shape index (κ2) is 5.45. The van der Waals surface area contributed by atoms with Gasteiger partial charge in [0.15, 0.2) is 5.82 Å². The number of carbonyl (C=O) groups excluding carboxylic acids is 2. The highest BCUT2D eigenvalue weighted by atomic mass is 32.2. The van der Waals surface area contributed by atoms with Gasteiger partial charge in [0.05, 0.1) is 0 Å². The van der Waals surface area contributed by atoms with Gasteiger partial charge in [0.2, 0.25) is 0 Å². The van der Waals surface area contributed by atoms with Crippen LogP contribution in [0.3, 0.4) is 0 Å². The number of carbonyl (C=O) groups is 2. The molecule has 1 saturated heterocycles. The van der Waals surface area contributed by atoms with E-state index in [4.69, 9.17) is 0 Å². The molecule has 2 bridgehead atoms. The van der Waals surface area contributed by atoms with Crippen molar-refractivity contribution in [1.82, 2.24) is 10.0 Å². The maximum atomic E-state index is 14.4. The average molecular weight is 400 g/mol. The zero-order chi connectivity index (χ0) is 19.6. The van der Waals surface area contributed by atoms with E-state index in [0.29, 0.717) is 23.6 Å². The molecule has 5 N–H and O–H groups in total. The molecule has 0 atom stereocenters. The van der Waals surface area contributed by atoms with Crippen LogP contribution in [0.5, 0.6) is 5.75 Å². The first kappa shape index (κ1) is 17.8. The summed E-state index contributed by atoms with van der Waals surface area (Å²) in [5.74, 6) is -2.71. The van der Waals surface area contributed by atoms with Gasteiger partial charge in [-0.3, -0.25) is 4.79 Å². The molecule has 5 rings (SSSR count). The first-order valence-corrected chi connectivity index (χ1v) is 9.57. The zero-order valence-electron chi connectivity index (χ0n) is 14.0. The molecular weight excluding hydrogens is 383 g/mol. The fraction of sp³-hybridized carbons (Fsp3) is 0.467. The lowest BCUT2D eigenvalue weighted by Crippen LogP contribution is -2.76. The van der Waals surface area contributed by atoms with E-state index in [0.717, 1.165) is 12.1 Å². The van der Waals surface area contributed by atoms with Crippen molar-refractivity contribution in [1.29, 1.82) is 0 Å². The van der Waals surface area contributed by atoms with Gasteiger partial charge in [-0.05, 0) is 25.3 Å². The fourth-order valence-electron chi connectivity index (χ4n) is 4.25.